The standard InChI is InChI=1S/C14H18ClNO3/c1-16-14(9-2-3-17-8-9)10-6-12-13(7-11(10)15)19-5-4-18-12/h6-7,9,14,16H,2-5,8H2,1H3. The lowest BCUT2D eigenvalue weighted by atomic mass is 9.92. The summed E-state index contributed by atoms with van der Waals surface area (Å²) in [6, 6.07) is 4.04. The molecule has 0 bridgehead atoms. The van der Waals surface area contributed by atoms with Crippen LogP contribution in [0.25, 0.3) is 0 Å². The van der Waals surface area contributed by atoms with E-state index in [-0.39, 0.29) is 6.04 Å². The van der Waals surface area contributed by atoms with Gasteiger partial charge < -0.3 is 19.5 Å². The van der Waals surface area contributed by atoms with Crippen molar-refractivity contribution in [3.8, 4) is 11.5 Å². The highest BCUT2D eigenvalue weighted by molar-refractivity contribution is 6.31. The number of fused-ring (bicyclic) bond motifs is 1. The van der Waals surface area contributed by atoms with Gasteiger partial charge in [-0.1, -0.05) is 11.6 Å². The maximum atomic E-state index is 6.40. The van der Waals surface area contributed by atoms with Crippen molar-refractivity contribution in [3.63, 3.8) is 0 Å². The molecule has 1 N–H and O–H groups in total. The van der Waals surface area contributed by atoms with Gasteiger partial charge in [-0.2, -0.15) is 0 Å². The highest BCUT2D eigenvalue weighted by Gasteiger charge is 2.29. The Bertz CT molecular complexity index is 460. The van der Waals surface area contributed by atoms with Crippen molar-refractivity contribution in [2.45, 2.75) is 12.5 Å². The minimum absolute atomic E-state index is 0.186. The van der Waals surface area contributed by atoms with Gasteiger partial charge in [-0.3, -0.25) is 0 Å². The molecule has 1 aromatic rings. The number of ether oxygens (including phenoxy) is 3. The van der Waals surface area contributed by atoms with Crippen molar-refractivity contribution in [1.29, 1.82) is 0 Å². The number of hydrogen-bond donors (Lipinski definition) is 1. The van der Waals surface area contributed by atoms with Gasteiger partial charge in [-0.05, 0) is 25.1 Å². The summed E-state index contributed by atoms with van der Waals surface area (Å²) >= 11 is 6.40. The molecule has 2 heterocycles. The first-order valence-corrected chi connectivity index (χ1v) is 7.01. The first kappa shape index (κ1) is 13.0. The van der Waals surface area contributed by atoms with Crippen LogP contribution in [0.1, 0.15) is 18.0 Å². The van der Waals surface area contributed by atoms with Crippen molar-refractivity contribution in [2.24, 2.45) is 5.92 Å². The van der Waals surface area contributed by atoms with Crippen molar-refractivity contribution < 1.29 is 14.2 Å². The van der Waals surface area contributed by atoms with E-state index in [1.165, 1.54) is 0 Å². The quantitative estimate of drug-likeness (QED) is 0.925. The van der Waals surface area contributed by atoms with E-state index in [2.05, 4.69) is 5.32 Å². The molecule has 1 saturated heterocycles. The molecule has 4 nitrogen and oxygen atoms in total. The summed E-state index contributed by atoms with van der Waals surface area (Å²) in [7, 11) is 1.95. The zero-order valence-corrected chi connectivity index (χ0v) is 11.7. The molecule has 104 valence electrons. The topological polar surface area (TPSA) is 39.7 Å². The van der Waals surface area contributed by atoms with Crippen LogP contribution in [0.3, 0.4) is 0 Å². The fraction of sp³-hybridized carbons (Fsp3) is 0.571. The number of benzene rings is 1. The van der Waals surface area contributed by atoms with Crippen LogP contribution in [-0.2, 0) is 4.74 Å². The predicted octanol–water partition coefficient (Wildman–Crippen LogP) is 2.41. The summed E-state index contributed by atoms with van der Waals surface area (Å²) in [6.07, 6.45) is 1.05. The lowest BCUT2D eigenvalue weighted by molar-refractivity contribution is 0.170. The van der Waals surface area contributed by atoms with Crippen LogP contribution >= 0.6 is 11.6 Å². The third kappa shape index (κ3) is 2.53. The fourth-order valence-electron chi connectivity index (χ4n) is 2.78. The van der Waals surface area contributed by atoms with Crippen LogP contribution in [0, 0.1) is 5.92 Å². The Kier molecular flexibility index (Phi) is 3.82. The van der Waals surface area contributed by atoms with Gasteiger partial charge in [0.1, 0.15) is 13.2 Å². The molecule has 0 amide bonds. The molecule has 2 aliphatic heterocycles. The van der Waals surface area contributed by atoms with Gasteiger partial charge >= 0.3 is 0 Å². The van der Waals surface area contributed by atoms with Crippen LogP contribution in [-0.4, -0.2) is 33.5 Å². The van der Waals surface area contributed by atoms with E-state index in [4.69, 9.17) is 25.8 Å². The molecule has 0 spiro atoms. The molecule has 0 radical (unpaired) electrons. The Morgan fingerprint density at radius 2 is 1.95 bits per heavy atom. The monoisotopic (exact) mass is 283 g/mol. The molecule has 0 aliphatic carbocycles. The maximum absolute atomic E-state index is 6.40. The maximum Gasteiger partial charge on any atom is 0.162 e. The van der Waals surface area contributed by atoms with E-state index >= 15 is 0 Å². The molecule has 2 aliphatic rings. The summed E-state index contributed by atoms with van der Waals surface area (Å²) in [4.78, 5) is 0. The molecule has 5 heteroatoms. The van der Waals surface area contributed by atoms with E-state index in [9.17, 15) is 0 Å². The van der Waals surface area contributed by atoms with E-state index in [1.54, 1.807) is 0 Å². The van der Waals surface area contributed by atoms with Gasteiger partial charge in [0, 0.05) is 29.7 Å². The average molecular weight is 284 g/mol. The Morgan fingerprint density at radius 3 is 2.58 bits per heavy atom. The fourth-order valence-corrected chi connectivity index (χ4v) is 3.05. The van der Waals surface area contributed by atoms with Crippen molar-refractivity contribution in [1.82, 2.24) is 5.32 Å². The summed E-state index contributed by atoms with van der Waals surface area (Å²) in [6.45, 7) is 2.76. The van der Waals surface area contributed by atoms with Crippen LogP contribution in [0.5, 0.6) is 11.5 Å². The SMILES string of the molecule is CNC(c1cc2c(cc1Cl)OCCO2)C1CCOC1. The highest BCUT2D eigenvalue weighted by atomic mass is 35.5. The largest absolute Gasteiger partial charge is 0.486 e. The van der Waals surface area contributed by atoms with Gasteiger partial charge in [0.25, 0.3) is 0 Å². The molecule has 0 saturated carbocycles. The van der Waals surface area contributed by atoms with Crippen LogP contribution < -0.4 is 14.8 Å². The van der Waals surface area contributed by atoms with E-state index in [1.807, 2.05) is 19.2 Å². The molecule has 2 unspecified atom stereocenters. The van der Waals surface area contributed by atoms with Crippen molar-refractivity contribution >= 4 is 11.6 Å². The number of rotatable bonds is 3. The smallest absolute Gasteiger partial charge is 0.162 e. The first-order valence-electron chi connectivity index (χ1n) is 6.63. The third-order valence-corrected chi connectivity index (χ3v) is 4.07. The van der Waals surface area contributed by atoms with E-state index < -0.39 is 0 Å². The summed E-state index contributed by atoms with van der Waals surface area (Å²) in [5.41, 5.74) is 1.06. The molecule has 2 atom stereocenters. The molecule has 0 aromatic heterocycles. The third-order valence-electron chi connectivity index (χ3n) is 3.74. The Hall–Kier alpha value is -0.970. The average Bonchev–Trinajstić information content (AvgIpc) is 2.94. The molecular formula is C14H18ClNO3. The van der Waals surface area contributed by atoms with Crippen molar-refractivity contribution in [3.05, 3.63) is 22.7 Å². The predicted molar refractivity (Wildman–Crippen MR) is 73.2 cm³/mol. The second kappa shape index (κ2) is 5.57. The van der Waals surface area contributed by atoms with Crippen molar-refractivity contribution in [2.75, 3.05) is 33.5 Å². The highest BCUT2D eigenvalue weighted by Crippen LogP contribution is 2.40. The number of hydrogen-bond acceptors (Lipinski definition) is 4. The minimum atomic E-state index is 0.186. The molecule has 19 heavy (non-hydrogen) atoms. The molecule has 3 rings (SSSR count). The van der Waals surface area contributed by atoms with Crippen LogP contribution in [0.4, 0.5) is 0 Å². The van der Waals surface area contributed by atoms with Gasteiger partial charge in [0.05, 0.1) is 6.61 Å². The van der Waals surface area contributed by atoms with Gasteiger partial charge in [-0.15, -0.1) is 0 Å². The zero-order valence-electron chi connectivity index (χ0n) is 10.9. The van der Waals surface area contributed by atoms with Gasteiger partial charge in [0.15, 0.2) is 11.5 Å². The number of halogens is 1. The van der Waals surface area contributed by atoms with Gasteiger partial charge in [0.2, 0.25) is 0 Å². The van der Waals surface area contributed by atoms with Crippen LogP contribution in [0.15, 0.2) is 12.1 Å². The second-order valence-electron chi connectivity index (χ2n) is 4.91. The lowest BCUT2D eigenvalue weighted by Gasteiger charge is -2.26. The summed E-state index contributed by atoms with van der Waals surface area (Å²) in [5.74, 6) is 1.97. The van der Waals surface area contributed by atoms with E-state index in [0.717, 1.165) is 41.7 Å². The Morgan fingerprint density at radius 1 is 1.21 bits per heavy atom. The zero-order chi connectivity index (χ0) is 13.2. The van der Waals surface area contributed by atoms with Crippen LogP contribution in [0.2, 0.25) is 5.02 Å². The Balaban J connectivity index is 1.93. The first-order chi connectivity index (χ1) is 9.29. The summed E-state index contributed by atoms with van der Waals surface area (Å²) < 4.78 is 16.7. The normalized spacial score (nSPS) is 23.4. The Labute approximate surface area is 118 Å². The molecular weight excluding hydrogens is 266 g/mol. The lowest BCUT2D eigenvalue weighted by Crippen LogP contribution is -2.26. The summed E-state index contributed by atoms with van der Waals surface area (Å²) in [5, 5.41) is 4.07. The second-order valence-corrected chi connectivity index (χ2v) is 5.31. The van der Waals surface area contributed by atoms with Gasteiger partial charge in [-0.25, -0.2) is 0 Å². The minimum Gasteiger partial charge on any atom is -0.486 e. The molecule has 1 aromatic carbocycles. The van der Waals surface area contributed by atoms with E-state index in [0.29, 0.717) is 19.1 Å². The molecule has 1 fully saturated rings. The number of nitrogens with one attached hydrogen (secondary N) is 1.